The summed E-state index contributed by atoms with van der Waals surface area (Å²) in [5, 5.41) is 8.92. The number of sulfone groups is 1. The molecule has 0 N–H and O–H groups in total. The van der Waals surface area contributed by atoms with Crippen molar-refractivity contribution in [1.82, 2.24) is 0 Å². The summed E-state index contributed by atoms with van der Waals surface area (Å²) in [6, 6.07) is 18.1. The first-order valence-corrected chi connectivity index (χ1v) is 7.87. The van der Waals surface area contributed by atoms with Gasteiger partial charge < -0.3 is 0 Å². The Morgan fingerprint density at radius 3 is 2.05 bits per heavy atom. The minimum absolute atomic E-state index is 0.269. The van der Waals surface area contributed by atoms with Gasteiger partial charge in [-0.25, -0.2) is 8.42 Å². The Morgan fingerprint density at radius 2 is 1.55 bits per heavy atom. The molecule has 0 unspecified atom stereocenters. The highest BCUT2D eigenvalue weighted by molar-refractivity contribution is 7.90. The minimum Gasteiger partial charge on any atom is -0.224 e. The van der Waals surface area contributed by atoms with Crippen LogP contribution in [0.3, 0.4) is 0 Å². The average Bonchev–Trinajstić information content (AvgIpc) is 2.45. The van der Waals surface area contributed by atoms with Crippen molar-refractivity contribution in [2.24, 2.45) is 0 Å². The molecule has 0 amide bonds. The maximum Gasteiger partial charge on any atom is 0.175 e. The lowest BCUT2D eigenvalue weighted by molar-refractivity contribution is 0.602. The van der Waals surface area contributed by atoms with Gasteiger partial charge in [0.1, 0.15) is 0 Å². The van der Waals surface area contributed by atoms with Crippen LogP contribution in [0.1, 0.15) is 11.1 Å². The van der Waals surface area contributed by atoms with Crippen LogP contribution in [-0.2, 0) is 9.84 Å². The van der Waals surface area contributed by atoms with Gasteiger partial charge in [0.15, 0.2) is 9.84 Å². The quantitative estimate of drug-likeness (QED) is 0.813. The van der Waals surface area contributed by atoms with Crippen LogP contribution >= 0.6 is 0 Å². The van der Waals surface area contributed by atoms with Crippen molar-refractivity contribution >= 4 is 15.4 Å². The SMILES string of the molecule is CS(=O)(=O)c1ccc(/C(=C/C#N)c2ccccc2)cc1. The lowest BCUT2D eigenvalue weighted by Crippen LogP contribution is -1.97. The lowest BCUT2D eigenvalue weighted by atomic mass is 9.98. The summed E-state index contributed by atoms with van der Waals surface area (Å²) >= 11 is 0. The summed E-state index contributed by atoms with van der Waals surface area (Å²) < 4.78 is 22.9. The maximum absolute atomic E-state index is 11.4. The molecule has 0 aliphatic rings. The molecule has 0 aromatic heterocycles. The third-order valence-corrected chi connectivity index (χ3v) is 4.02. The fraction of sp³-hybridized carbons (Fsp3) is 0.0625. The zero-order chi connectivity index (χ0) is 14.6. The highest BCUT2D eigenvalue weighted by Gasteiger charge is 2.09. The average molecular weight is 283 g/mol. The Labute approximate surface area is 118 Å². The van der Waals surface area contributed by atoms with E-state index >= 15 is 0 Å². The molecule has 0 aliphatic heterocycles. The summed E-state index contributed by atoms with van der Waals surface area (Å²) in [6.07, 6.45) is 2.63. The first kappa shape index (κ1) is 14.0. The van der Waals surface area contributed by atoms with Crippen molar-refractivity contribution in [3.8, 4) is 6.07 Å². The van der Waals surface area contributed by atoms with Crippen LogP contribution in [0.15, 0.2) is 65.6 Å². The zero-order valence-corrected chi connectivity index (χ0v) is 11.8. The predicted octanol–water partition coefficient (Wildman–Crippen LogP) is 3.05. The molecule has 0 atom stereocenters. The Hall–Kier alpha value is -2.38. The van der Waals surface area contributed by atoms with E-state index in [1.807, 2.05) is 36.4 Å². The topological polar surface area (TPSA) is 57.9 Å². The number of hydrogen-bond donors (Lipinski definition) is 0. The molecule has 4 heteroatoms. The predicted molar refractivity (Wildman–Crippen MR) is 78.7 cm³/mol. The summed E-state index contributed by atoms with van der Waals surface area (Å²) in [5.74, 6) is 0. The summed E-state index contributed by atoms with van der Waals surface area (Å²) in [7, 11) is -3.21. The summed E-state index contributed by atoms with van der Waals surface area (Å²) in [5.41, 5.74) is 2.50. The molecule has 0 saturated carbocycles. The van der Waals surface area contributed by atoms with Gasteiger partial charge in [0.25, 0.3) is 0 Å². The molecule has 0 aliphatic carbocycles. The molecule has 2 rings (SSSR count). The van der Waals surface area contributed by atoms with E-state index in [-0.39, 0.29) is 4.90 Å². The minimum atomic E-state index is -3.21. The zero-order valence-electron chi connectivity index (χ0n) is 10.9. The smallest absolute Gasteiger partial charge is 0.175 e. The molecule has 2 aromatic carbocycles. The van der Waals surface area contributed by atoms with E-state index in [1.54, 1.807) is 24.3 Å². The Balaban J connectivity index is 2.48. The number of nitrogens with zero attached hydrogens (tertiary/aromatic N) is 1. The van der Waals surface area contributed by atoms with Gasteiger partial charge >= 0.3 is 0 Å². The molecule has 3 nitrogen and oxygen atoms in total. The number of hydrogen-bond acceptors (Lipinski definition) is 3. The monoisotopic (exact) mass is 283 g/mol. The molecule has 0 bridgehead atoms. The number of benzene rings is 2. The number of allylic oxidation sites excluding steroid dienone is 1. The second kappa shape index (κ2) is 5.72. The van der Waals surface area contributed by atoms with E-state index < -0.39 is 9.84 Å². The van der Waals surface area contributed by atoms with Crippen molar-refractivity contribution in [2.45, 2.75) is 4.90 Å². The molecule has 0 fully saturated rings. The molecule has 0 saturated heterocycles. The largest absolute Gasteiger partial charge is 0.224 e. The first-order valence-electron chi connectivity index (χ1n) is 5.98. The highest BCUT2D eigenvalue weighted by atomic mass is 32.2. The second-order valence-corrected chi connectivity index (χ2v) is 6.37. The van der Waals surface area contributed by atoms with E-state index in [9.17, 15) is 8.42 Å². The van der Waals surface area contributed by atoms with Gasteiger partial charge in [0.2, 0.25) is 0 Å². The van der Waals surface area contributed by atoms with Gasteiger partial charge in [0, 0.05) is 12.3 Å². The highest BCUT2D eigenvalue weighted by Crippen LogP contribution is 2.24. The van der Waals surface area contributed by atoms with Gasteiger partial charge in [-0.2, -0.15) is 5.26 Å². The van der Waals surface area contributed by atoms with Crippen molar-refractivity contribution in [3.63, 3.8) is 0 Å². The van der Waals surface area contributed by atoms with Crippen LogP contribution in [0.5, 0.6) is 0 Å². The van der Waals surface area contributed by atoms with E-state index in [1.165, 1.54) is 12.3 Å². The van der Waals surface area contributed by atoms with Crippen LogP contribution in [0, 0.1) is 11.3 Å². The van der Waals surface area contributed by atoms with Crippen molar-refractivity contribution < 1.29 is 8.42 Å². The summed E-state index contributed by atoms with van der Waals surface area (Å²) in [4.78, 5) is 0.269. The molecule has 20 heavy (non-hydrogen) atoms. The van der Waals surface area contributed by atoms with Gasteiger partial charge in [-0.1, -0.05) is 42.5 Å². The van der Waals surface area contributed by atoms with Crippen molar-refractivity contribution in [1.29, 1.82) is 5.26 Å². The molecule has 0 heterocycles. The third kappa shape index (κ3) is 3.14. The Kier molecular flexibility index (Phi) is 4.02. The maximum atomic E-state index is 11.4. The van der Waals surface area contributed by atoms with Crippen LogP contribution in [0.4, 0.5) is 0 Å². The van der Waals surface area contributed by atoms with E-state index in [4.69, 9.17) is 5.26 Å². The Bertz CT molecular complexity index is 767. The van der Waals surface area contributed by atoms with Crippen LogP contribution in [0.25, 0.3) is 5.57 Å². The lowest BCUT2D eigenvalue weighted by Gasteiger charge is -2.07. The molecule has 100 valence electrons. The van der Waals surface area contributed by atoms with Crippen molar-refractivity contribution in [2.75, 3.05) is 6.26 Å². The molecular weight excluding hydrogens is 270 g/mol. The third-order valence-electron chi connectivity index (χ3n) is 2.89. The number of nitriles is 1. The Morgan fingerprint density at radius 1 is 1.00 bits per heavy atom. The fourth-order valence-corrected chi connectivity index (χ4v) is 2.53. The second-order valence-electron chi connectivity index (χ2n) is 4.35. The van der Waals surface area contributed by atoms with Crippen LogP contribution in [-0.4, -0.2) is 14.7 Å². The van der Waals surface area contributed by atoms with E-state index in [2.05, 4.69) is 0 Å². The first-order chi connectivity index (χ1) is 9.52. The molecule has 0 spiro atoms. The summed E-state index contributed by atoms with van der Waals surface area (Å²) in [6.45, 7) is 0. The fourth-order valence-electron chi connectivity index (χ4n) is 1.90. The van der Waals surface area contributed by atoms with Crippen molar-refractivity contribution in [3.05, 3.63) is 71.8 Å². The standard InChI is InChI=1S/C16H13NO2S/c1-20(18,19)15-9-7-14(8-10-15)16(11-12-17)13-5-3-2-4-6-13/h2-11H,1H3/b16-11+. The normalized spacial score (nSPS) is 11.9. The molecular formula is C16H13NO2S. The van der Waals surface area contributed by atoms with Crippen LogP contribution < -0.4 is 0 Å². The van der Waals surface area contributed by atoms with E-state index in [0.29, 0.717) is 0 Å². The molecule has 2 aromatic rings. The van der Waals surface area contributed by atoms with Crippen LogP contribution in [0.2, 0.25) is 0 Å². The van der Waals surface area contributed by atoms with Gasteiger partial charge in [-0.15, -0.1) is 0 Å². The molecule has 0 radical (unpaired) electrons. The van der Waals surface area contributed by atoms with Gasteiger partial charge in [-0.05, 0) is 28.8 Å². The van der Waals surface area contributed by atoms with E-state index in [0.717, 1.165) is 16.7 Å². The number of rotatable bonds is 3. The van der Waals surface area contributed by atoms with Gasteiger partial charge in [-0.3, -0.25) is 0 Å². The van der Waals surface area contributed by atoms with Gasteiger partial charge in [0.05, 0.1) is 11.0 Å².